The second-order valence-corrected chi connectivity index (χ2v) is 13.6. The van der Waals surface area contributed by atoms with Gasteiger partial charge in [0.15, 0.2) is 0 Å². The van der Waals surface area contributed by atoms with Gasteiger partial charge in [-0.05, 0) is 83.7 Å². The van der Waals surface area contributed by atoms with Crippen LogP contribution in [0.4, 0.5) is 4.39 Å². The van der Waals surface area contributed by atoms with Gasteiger partial charge in [0, 0.05) is 24.2 Å². The Balaban J connectivity index is 1.39. The van der Waals surface area contributed by atoms with Crippen LogP contribution in [0.15, 0.2) is 71.6 Å². The molecule has 39 heavy (non-hydrogen) atoms. The summed E-state index contributed by atoms with van der Waals surface area (Å²) in [5.41, 5.74) is 1.34. The Bertz CT molecular complexity index is 1170. The number of halogens is 1. The third kappa shape index (κ3) is 6.69. The molecule has 5 heteroatoms. The van der Waals surface area contributed by atoms with Crippen LogP contribution in [0.5, 0.6) is 5.75 Å². The maximum absolute atomic E-state index is 15.0. The third-order valence-corrected chi connectivity index (χ3v) is 8.84. The van der Waals surface area contributed by atoms with Gasteiger partial charge < -0.3 is 18.9 Å². The summed E-state index contributed by atoms with van der Waals surface area (Å²) in [6, 6.07) is 8.50. The molecule has 0 radical (unpaired) electrons. The van der Waals surface area contributed by atoms with Crippen LogP contribution in [0.1, 0.15) is 85.6 Å². The second-order valence-electron chi connectivity index (χ2n) is 13.6. The first-order valence-corrected chi connectivity index (χ1v) is 14.4. The molecule has 1 aromatic rings. The van der Waals surface area contributed by atoms with Crippen LogP contribution in [0, 0.1) is 5.41 Å². The summed E-state index contributed by atoms with van der Waals surface area (Å²) >= 11 is 0. The van der Waals surface area contributed by atoms with Crippen molar-refractivity contribution in [3.8, 4) is 5.75 Å². The molecule has 2 saturated heterocycles. The fraction of sp³-hybridized carbons (Fsp3) is 0.588. The summed E-state index contributed by atoms with van der Waals surface area (Å²) < 4.78 is 38.6. The first-order valence-electron chi connectivity index (χ1n) is 14.4. The average Bonchev–Trinajstić information content (AvgIpc) is 3.76. The highest BCUT2D eigenvalue weighted by Gasteiger charge is 2.43. The van der Waals surface area contributed by atoms with Crippen molar-refractivity contribution in [2.75, 3.05) is 13.2 Å². The second kappa shape index (κ2) is 10.2. The molecule has 4 aliphatic rings. The summed E-state index contributed by atoms with van der Waals surface area (Å²) in [7, 11) is 0. The summed E-state index contributed by atoms with van der Waals surface area (Å²) in [5, 5.41) is 0. The number of hydrogen-bond donors (Lipinski definition) is 0. The van der Waals surface area contributed by atoms with Crippen molar-refractivity contribution in [1.82, 2.24) is 0 Å². The third-order valence-electron chi connectivity index (χ3n) is 8.84. The summed E-state index contributed by atoms with van der Waals surface area (Å²) in [5.74, 6) is 1.96. The van der Waals surface area contributed by atoms with E-state index in [9.17, 15) is 0 Å². The van der Waals surface area contributed by atoms with Crippen molar-refractivity contribution in [2.24, 2.45) is 5.41 Å². The predicted octanol–water partition coefficient (Wildman–Crippen LogP) is 8.16. The van der Waals surface area contributed by atoms with Gasteiger partial charge in [0.1, 0.15) is 28.7 Å². The van der Waals surface area contributed by atoms with Crippen molar-refractivity contribution in [1.29, 1.82) is 0 Å². The average molecular weight is 537 g/mol. The molecule has 4 unspecified atom stereocenters. The maximum atomic E-state index is 15.0. The molecule has 2 aliphatic heterocycles. The topological polar surface area (TPSA) is 43.5 Å². The highest BCUT2D eigenvalue weighted by Crippen LogP contribution is 2.46. The fourth-order valence-electron chi connectivity index (χ4n) is 5.66. The highest BCUT2D eigenvalue weighted by molar-refractivity contribution is 5.48. The van der Waals surface area contributed by atoms with Gasteiger partial charge in [-0.1, -0.05) is 48.9 Å². The quantitative estimate of drug-likeness (QED) is 0.268. The fourth-order valence-corrected chi connectivity index (χ4v) is 5.66. The Hall–Kier alpha value is -2.37. The SMILES string of the molecule is CC(C)(CC1CO1)Oc1ccc(C(C2=CCC(C)(C(C)(C)F)C=C2)C2=CC=C(OC(C)(C)C3CO3)CC2)cc1. The number of hydrogen-bond acceptors (Lipinski definition) is 4. The van der Waals surface area contributed by atoms with Crippen molar-refractivity contribution in [2.45, 2.75) is 109 Å². The molecule has 4 nitrogen and oxygen atoms in total. The van der Waals surface area contributed by atoms with E-state index in [1.54, 1.807) is 13.8 Å². The zero-order valence-electron chi connectivity index (χ0n) is 24.7. The molecule has 0 spiro atoms. The molecule has 2 aliphatic carbocycles. The standard InChI is InChI=1S/C34H45FO4/c1-31(2,20-28-21-36-28)38-26-12-8-23(9-13-26)30(25-16-18-34(7,19-17-25)33(5,6)35)24-10-14-27(15-11-24)39-32(3,4)29-22-37-29/h8-10,12-14,16-18,28-30H,11,15,19-22H2,1-7H3. The Morgan fingerprint density at radius 3 is 2.18 bits per heavy atom. The van der Waals surface area contributed by atoms with Crippen molar-refractivity contribution >= 4 is 0 Å². The Kier molecular flexibility index (Phi) is 7.39. The van der Waals surface area contributed by atoms with Crippen molar-refractivity contribution in [3.63, 3.8) is 0 Å². The lowest BCUT2D eigenvalue weighted by Crippen LogP contribution is -2.36. The molecule has 4 atom stereocenters. The van der Waals surface area contributed by atoms with Crippen LogP contribution in [-0.2, 0) is 14.2 Å². The Morgan fingerprint density at radius 1 is 0.974 bits per heavy atom. The summed E-state index contributed by atoms with van der Waals surface area (Å²) in [4.78, 5) is 0. The van der Waals surface area contributed by atoms with Gasteiger partial charge in [0.05, 0.1) is 25.1 Å². The number of benzene rings is 1. The van der Waals surface area contributed by atoms with Crippen LogP contribution >= 0.6 is 0 Å². The van der Waals surface area contributed by atoms with Gasteiger partial charge in [-0.15, -0.1) is 0 Å². The molecule has 0 aromatic heterocycles. The van der Waals surface area contributed by atoms with Gasteiger partial charge in [0.2, 0.25) is 0 Å². The van der Waals surface area contributed by atoms with Gasteiger partial charge in [-0.25, -0.2) is 4.39 Å². The highest BCUT2D eigenvalue weighted by atomic mass is 19.1. The van der Waals surface area contributed by atoms with E-state index in [0.29, 0.717) is 12.5 Å². The maximum Gasteiger partial charge on any atom is 0.131 e. The number of rotatable bonds is 11. The first-order chi connectivity index (χ1) is 18.2. The first kappa shape index (κ1) is 28.2. The van der Waals surface area contributed by atoms with E-state index in [0.717, 1.165) is 44.0 Å². The zero-order chi connectivity index (χ0) is 28.1. The molecule has 2 fully saturated rings. The van der Waals surface area contributed by atoms with E-state index in [2.05, 4.69) is 82.3 Å². The van der Waals surface area contributed by atoms with Crippen molar-refractivity contribution < 1.29 is 23.3 Å². The minimum absolute atomic E-state index is 0.0908. The van der Waals surface area contributed by atoms with E-state index in [-0.39, 0.29) is 23.2 Å². The van der Waals surface area contributed by atoms with Crippen LogP contribution in [0.2, 0.25) is 0 Å². The minimum atomic E-state index is -1.30. The zero-order valence-corrected chi connectivity index (χ0v) is 24.7. The molecule has 0 bridgehead atoms. The van der Waals surface area contributed by atoms with Crippen LogP contribution in [0.3, 0.4) is 0 Å². The number of allylic oxidation sites excluding steroid dienone is 8. The van der Waals surface area contributed by atoms with E-state index < -0.39 is 11.1 Å². The van der Waals surface area contributed by atoms with E-state index >= 15 is 4.39 Å². The molecular formula is C34H45FO4. The van der Waals surface area contributed by atoms with Gasteiger partial charge in [0.25, 0.3) is 0 Å². The largest absolute Gasteiger partial charge is 0.489 e. The number of alkyl halides is 1. The molecule has 0 amide bonds. The van der Waals surface area contributed by atoms with Crippen molar-refractivity contribution in [3.05, 3.63) is 77.1 Å². The predicted molar refractivity (Wildman–Crippen MR) is 154 cm³/mol. The smallest absolute Gasteiger partial charge is 0.131 e. The Morgan fingerprint density at radius 2 is 1.67 bits per heavy atom. The van der Waals surface area contributed by atoms with Crippen LogP contribution < -0.4 is 4.74 Å². The number of ether oxygens (including phenoxy) is 4. The van der Waals surface area contributed by atoms with Gasteiger partial charge >= 0.3 is 0 Å². The minimum Gasteiger partial charge on any atom is -0.489 e. The lowest BCUT2D eigenvalue weighted by molar-refractivity contribution is 0.00563. The van der Waals surface area contributed by atoms with Gasteiger partial charge in [-0.3, -0.25) is 0 Å². The van der Waals surface area contributed by atoms with E-state index in [1.165, 1.54) is 16.7 Å². The molecule has 212 valence electrons. The van der Waals surface area contributed by atoms with E-state index in [4.69, 9.17) is 18.9 Å². The van der Waals surface area contributed by atoms with Gasteiger partial charge in [-0.2, -0.15) is 0 Å². The number of epoxide rings is 2. The molecule has 0 saturated carbocycles. The van der Waals surface area contributed by atoms with Crippen LogP contribution in [-0.4, -0.2) is 42.3 Å². The van der Waals surface area contributed by atoms with E-state index in [1.807, 2.05) is 6.92 Å². The van der Waals surface area contributed by atoms with Crippen LogP contribution in [0.25, 0.3) is 0 Å². The molecule has 5 rings (SSSR count). The molecule has 2 heterocycles. The summed E-state index contributed by atoms with van der Waals surface area (Å²) in [6.45, 7) is 15.4. The lowest BCUT2D eigenvalue weighted by atomic mass is 9.69. The molecule has 1 aromatic carbocycles. The normalized spacial score (nSPS) is 27.7. The molecular weight excluding hydrogens is 491 g/mol. The monoisotopic (exact) mass is 536 g/mol. The lowest BCUT2D eigenvalue weighted by Gasteiger charge is -2.38. The Labute approximate surface area is 233 Å². The summed E-state index contributed by atoms with van der Waals surface area (Å²) in [6.07, 6.45) is 14.6. The molecule has 0 N–H and O–H groups in total.